The molecule has 0 radical (unpaired) electrons. The SMILES string of the molecule is CN=C(NCCN(C)CCOC)NCC1(c2ccccc2)CC1. The van der Waals surface area contributed by atoms with Crippen molar-refractivity contribution in [3.63, 3.8) is 0 Å². The molecule has 1 aromatic carbocycles. The highest BCUT2D eigenvalue weighted by Gasteiger charge is 2.43. The van der Waals surface area contributed by atoms with Crippen molar-refractivity contribution < 1.29 is 4.74 Å². The highest BCUT2D eigenvalue weighted by molar-refractivity contribution is 5.79. The molecular formula is C18H30N4O. The summed E-state index contributed by atoms with van der Waals surface area (Å²) in [6.07, 6.45) is 2.50. The van der Waals surface area contributed by atoms with Gasteiger partial charge in [0.05, 0.1) is 6.61 Å². The Kier molecular flexibility index (Phi) is 6.86. The van der Waals surface area contributed by atoms with Gasteiger partial charge in [0.15, 0.2) is 5.96 Å². The molecule has 5 nitrogen and oxygen atoms in total. The summed E-state index contributed by atoms with van der Waals surface area (Å²) in [4.78, 5) is 6.57. The van der Waals surface area contributed by atoms with E-state index in [0.717, 1.165) is 38.7 Å². The number of aliphatic imine (C=N–C) groups is 1. The van der Waals surface area contributed by atoms with E-state index in [9.17, 15) is 0 Å². The standard InChI is InChI=1S/C18H30N4O/c1-19-17(20-11-12-22(2)13-14-23-3)21-15-18(9-10-18)16-7-5-4-6-8-16/h4-8H,9-15H2,1-3H3,(H2,19,20,21). The van der Waals surface area contributed by atoms with Gasteiger partial charge in [-0.1, -0.05) is 30.3 Å². The molecule has 1 fully saturated rings. The van der Waals surface area contributed by atoms with Gasteiger partial charge in [0.1, 0.15) is 0 Å². The molecule has 0 aliphatic heterocycles. The average molecular weight is 318 g/mol. The van der Waals surface area contributed by atoms with Gasteiger partial charge in [0.2, 0.25) is 0 Å². The lowest BCUT2D eigenvalue weighted by Crippen LogP contribution is -2.43. The van der Waals surface area contributed by atoms with E-state index >= 15 is 0 Å². The highest BCUT2D eigenvalue weighted by atomic mass is 16.5. The van der Waals surface area contributed by atoms with Crippen LogP contribution in [-0.4, -0.2) is 64.9 Å². The molecule has 0 heterocycles. The molecule has 0 saturated heterocycles. The van der Waals surface area contributed by atoms with Crippen molar-refractivity contribution in [3.8, 4) is 0 Å². The second kappa shape index (κ2) is 8.89. The predicted molar refractivity (Wildman–Crippen MR) is 96.1 cm³/mol. The number of methoxy groups -OCH3 is 1. The summed E-state index contributed by atoms with van der Waals surface area (Å²) in [6.45, 7) is 4.49. The number of hydrogen-bond donors (Lipinski definition) is 2. The van der Waals surface area contributed by atoms with Gasteiger partial charge < -0.3 is 20.3 Å². The fourth-order valence-electron chi connectivity index (χ4n) is 2.71. The first-order valence-corrected chi connectivity index (χ1v) is 8.38. The third-order valence-corrected chi connectivity index (χ3v) is 4.52. The average Bonchev–Trinajstić information content (AvgIpc) is 3.38. The van der Waals surface area contributed by atoms with Crippen LogP contribution in [0.3, 0.4) is 0 Å². The van der Waals surface area contributed by atoms with E-state index in [1.54, 1.807) is 7.11 Å². The molecule has 0 aromatic heterocycles. The number of benzene rings is 1. The quantitative estimate of drug-likeness (QED) is 0.535. The molecule has 2 rings (SSSR count). The molecular weight excluding hydrogens is 288 g/mol. The summed E-state index contributed by atoms with van der Waals surface area (Å²) in [5.74, 6) is 0.882. The minimum atomic E-state index is 0.300. The van der Waals surface area contributed by atoms with E-state index in [-0.39, 0.29) is 0 Å². The molecule has 23 heavy (non-hydrogen) atoms. The Balaban J connectivity index is 1.72. The van der Waals surface area contributed by atoms with E-state index in [1.807, 2.05) is 7.05 Å². The van der Waals surface area contributed by atoms with Crippen LogP contribution in [-0.2, 0) is 10.2 Å². The van der Waals surface area contributed by atoms with E-state index in [2.05, 4.69) is 57.9 Å². The monoisotopic (exact) mass is 318 g/mol. The second-order valence-electron chi connectivity index (χ2n) is 6.29. The molecule has 1 aromatic rings. The molecule has 1 aliphatic rings. The summed E-state index contributed by atoms with van der Waals surface area (Å²) in [6, 6.07) is 10.8. The minimum absolute atomic E-state index is 0.300. The van der Waals surface area contributed by atoms with Crippen LogP contribution >= 0.6 is 0 Å². The van der Waals surface area contributed by atoms with E-state index in [4.69, 9.17) is 4.74 Å². The number of nitrogens with one attached hydrogen (secondary N) is 2. The van der Waals surface area contributed by atoms with Gasteiger partial charge in [-0.2, -0.15) is 0 Å². The Morgan fingerprint density at radius 1 is 1.22 bits per heavy atom. The molecule has 128 valence electrons. The zero-order valence-electron chi connectivity index (χ0n) is 14.6. The Bertz CT molecular complexity index is 485. The molecule has 0 unspecified atom stereocenters. The Morgan fingerprint density at radius 2 is 1.96 bits per heavy atom. The summed E-state index contributed by atoms with van der Waals surface area (Å²) in [5.41, 5.74) is 1.73. The maximum Gasteiger partial charge on any atom is 0.191 e. The number of nitrogens with zero attached hydrogens (tertiary/aromatic N) is 2. The van der Waals surface area contributed by atoms with Crippen LogP contribution in [0.25, 0.3) is 0 Å². The van der Waals surface area contributed by atoms with Gasteiger partial charge in [-0.15, -0.1) is 0 Å². The number of rotatable bonds is 9. The normalized spacial score (nSPS) is 16.4. The highest BCUT2D eigenvalue weighted by Crippen LogP contribution is 2.47. The molecule has 5 heteroatoms. The van der Waals surface area contributed by atoms with Crippen molar-refractivity contribution in [1.29, 1.82) is 0 Å². The second-order valence-corrected chi connectivity index (χ2v) is 6.29. The predicted octanol–water partition coefficient (Wildman–Crippen LogP) is 1.46. The third-order valence-electron chi connectivity index (χ3n) is 4.52. The van der Waals surface area contributed by atoms with Crippen LogP contribution in [0.15, 0.2) is 35.3 Å². The number of hydrogen-bond acceptors (Lipinski definition) is 3. The van der Waals surface area contributed by atoms with Crippen LogP contribution in [0, 0.1) is 0 Å². The molecule has 0 atom stereocenters. The number of guanidine groups is 1. The van der Waals surface area contributed by atoms with Crippen LogP contribution in [0.1, 0.15) is 18.4 Å². The fourth-order valence-corrected chi connectivity index (χ4v) is 2.71. The smallest absolute Gasteiger partial charge is 0.191 e. The lowest BCUT2D eigenvalue weighted by atomic mass is 9.96. The molecule has 0 bridgehead atoms. The molecule has 1 saturated carbocycles. The first kappa shape index (κ1) is 17.8. The van der Waals surface area contributed by atoms with Crippen LogP contribution in [0.2, 0.25) is 0 Å². The van der Waals surface area contributed by atoms with E-state index in [0.29, 0.717) is 5.41 Å². The van der Waals surface area contributed by atoms with Crippen LogP contribution in [0.4, 0.5) is 0 Å². The maximum atomic E-state index is 5.09. The Labute approximate surface area is 140 Å². The van der Waals surface area contributed by atoms with E-state index in [1.165, 1.54) is 18.4 Å². The van der Waals surface area contributed by atoms with Crippen molar-refractivity contribution >= 4 is 5.96 Å². The molecule has 0 amide bonds. The lowest BCUT2D eigenvalue weighted by Gasteiger charge is -2.20. The molecule has 1 aliphatic carbocycles. The van der Waals surface area contributed by atoms with Crippen LogP contribution < -0.4 is 10.6 Å². The van der Waals surface area contributed by atoms with Crippen LogP contribution in [0.5, 0.6) is 0 Å². The van der Waals surface area contributed by atoms with Crippen molar-refractivity contribution in [2.45, 2.75) is 18.3 Å². The van der Waals surface area contributed by atoms with Gasteiger partial charge in [0.25, 0.3) is 0 Å². The van der Waals surface area contributed by atoms with Gasteiger partial charge >= 0.3 is 0 Å². The first-order valence-electron chi connectivity index (χ1n) is 8.38. The van der Waals surface area contributed by atoms with E-state index < -0.39 is 0 Å². The van der Waals surface area contributed by atoms with Gasteiger partial charge in [0, 0.05) is 45.8 Å². The Hall–Kier alpha value is -1.59. The van der Waals surface area contributed by atoms with Gasteiger partial charge in [-0.05, 0) is 25.5 Å². The van der Waals surface area contributed by atoms with Gasteiger partial charge in [-0.3, -0.25) is 4.99 Å². The first-order chi connectivity index (χ1) is 11.2. The largest absolute Gasteiger partial charge is 0.383 e. The summed E-state index contributed by atoms with van der Waals surface area (Å²) >= 11 is 0. The number of likely N-dealkylation sites (N-methyl/N-ethyl adjacent to an activating group) is 1. The van der Waals surface area contributed by atoms with Crippen molar-refractivity contribution in [2.75, 3.05) is 54.0 Å². The zero-order chi connectivity index (χ0) is 16.5. The summed E-state index contributed by atoms with van der Waals surface area (Å²) < 4.78 is 5.09. The van der Waals surface area contributed by atoms with Crippen molar-refractivity contribution in [2.24, 2.45) is 4.99 Å². The summed E-state index contributed by atoms with van der Waals surface area (Å²) in [5, 5.41) is 6.87. The lowest BCUT2D eigenvalue weighted by molar-refractivity contribution is 0.162. The third kappa shape index (κ3) is 5.52. The topological polar surface area (TPSA) is 48.9 Å². The maximum absolute atomic E-state index is 5.09. The van der Waals surface area contributed by atoms with Crippen molar-refractivity contribution in [3.05, 3.63) is 35.9 Å². The zero-order valence-corrected chi connectivity index (χ0v) is 14.6. The number of ether oxygens (including phenoxy) is 1. The minimum Gasteiger partial charge on any atom is -0.383 e. The Morgan fingerprint density at radius 3 is 2.57 bits per heavy atom. The molecule has 0 spiro atoms. The van der Waals surface area contributed by atoms with Gasteiger partial charge in [-0.25, -0.2) is 0 Å². The van der Waals surface area contributed by atoms with Crippen molar-refractivity contribution in [1.82, 2.24) is 15.5 Å². The summed E-state index contributed by atoms with van der Waals surface area (Å²) in [7, 11) is 5.66. The fraction of sp³-hybridized carbons (Fsp3) is 0.611. The molecule has 2 N–H and O–H groups in total.